The first-order chi connectivity index (χ1) is 14.9. The third kappa shape index (κ3) is 3.58. The van der Waals surface area contributed by atoms with Gasteiger partial charge in [-0.3, -0.25) is 4.98 Å². The summed E-state index contributed by atoms with van der Waals surface area (Å²) in [6.45, 7) is 0.600. The fraction of sp³-hybridized carbons (Fsp3) is 0.0417. The Bertz CT molecular complexity index is 1270. The van der Waals surface area contributed by atoms with E-state index in [9.17, 15) is 0 Å². The second-order valence-electron chi connectivity index (χ2n) is 6.71. The van der Waals surface area contributed by atoms with E-state index in [1.54, 1.807) is 16.9 Å². The van der Waals surface area contributed by atoms with Crippen molar-refractivity contribution in [1.82, 2.24) is 19.6 Å². The molecule has 6 nitrogen and oxygen atoms in total. The van der Waals surface area contributed by atoms with Crippen molar-refractivity contribution in [1.29, 1.82) is 0 Å². The molecule has 0 atom stereocenters. The number of fused-ring (bicyclic) bond motifs is 1. The molecule has 0 radical (unpaired) electrons. The minimum absolute atomic E-state index is 0.600. The molecule has 0 saturated carbocycles. The first-order valence-corrected chi connectivity index (χ1v) is 9.67. The molecule has 0 bridgehead atoms. The van der Waals surface area contributed by atoms with Crippen LogP contribution >= 0.6 is 0 Å². The lowest BCUT2D eigenvalue weighted by molar-refractivity contribution is 0.484. The van der Waals surface area contributed by atoms with E-state index in [0.717, 1.165) is 39.8 Å². The maximum atomic E-state index is 6.13. The molecule has 5 aromatic rings. The van der Waals surface area contributed by atoms with Gasteiger partial charge in [-0.05, 0) is 36.4 Å². The van der Waals surface area contributed by atoms with Crippen LogP contribution in [-0.2, 0) is 6.54 Å². The van der Waals surface area contributed by atoms with Crippen molar-refractivity contribution in [3.63, 3.8) is 0 Å². The number of benzene rings is 2. The van der Waals surface area contributed by atoms with Crippen LogP contribution in [0.1, 0.15) is 5.69 Å². The molecule has 0 aliphatic carbocycles. The van der Waals surface area contributed by atoms with Crippen molar-refractivity contribution in [2.75, 3.05) is 5.32 Å². The van der Waals surface area contributed by atoms with Crippen LogP contribution in [0.2, 0.25) is 0 Å². The highest BCUT2D eigenvalue weighted by Gasteiger charge is 2.15. The van der Waals surface area contributed by atoms with Gasteiger partial charge >= 0.3 is 0 Å². The largest absolute Gasteiger partial charge is 0.457 e. The summed E-state index contributed by atoms with van der Waals surface area (Å²) in [6.07, 6.45) is 5.39. The molecule has 6 heteroatoms. The summed E-state index contributed by atoms with van der Waals surface area (Å²) in [4.78, 5) is 8.92. The molecule has 0 fully saturated rings. The van der Waals surface area contributed by atoms with Crippen molar-refractivity contribution in [3.8, 4) is 22.6 Å². The monoisotopic (exact) mass is 393 g/mol. The summed E-state index contributed by atoms with van der Waals surface area (Å²) < 4.78 is 7.93. The normalized spacial score (nSPS) is 10.8. The minimum atomic E-state index is 0.600. The summed E-state index contributed by atoms with van der Waals surface area (Å²) in [5, 5.41) is 7.96. The summed E-state index contributed by atoms with van der Waals surface area (Å²) >= 11 is 0. The van der Waals surface area contributed by atoms with Crippen LogP contribution in [0.15, 0.2) is 97.5 Å². The Morgan fingerprint density at radius 3 is 2.47 bits per heavy atom. The van der Waals surface area contributed by atoms with Crippen molar-refractivity contribution in [2.45, 2.75) is 6.54 Å². The lowest BCUT2D eigenvalue weighted by atomic mass is 10.1. The second kappa shape index (κ2) is 8.05. The number of hydrogen-bond acceptors (Lipinski definition) is 5. The Balaban J connectivity index is 1.49. The van der Waals surface area contributed by atoms with E-state index in [0.29, 0.717) is 6.54 Å². The van der Waals surface area contributed by atoms with E-state index in [4.69, 9.17) is 4.74 Å². The Hall–Kier alpha value is -4.19. The van der Waals surface area contributed by atoms with Gasteiger partial charge in [0.05, 0.1) is 24.0 Å². The van der Waals surface area contributed by atoms with E-state index in [1.165, 1.54) is 0 Å². The van der Waals surface area contributed by atoms with Crippen LogP contribution < -0.4 is 10.1 Å². The van der Waals surface area contributed by atoms with Gasteiger partial charge in [0, 0.05) is 18.0 Å². The fourth-order valence-electron chi connectivity index (χ4n) is 3.29. The van der Waals surface area contributed by atoms with Crippen LogP contribution in [0.5, 0.6) is 11.5 Å². The topological polar surface area (TPSA) is 64.3 Å². The Morgan fingerprint density at radius 2 is 1.60 bits per heavy atom. The van der Waals surface area contributed by atoms with Crippen molar-refractivity contribution < 1.29 is 4.74 Å². The Labute approximate surface area is 173 Å². The van der Waals surface area contributed by atoms with Gasteiger partial charge in [0.2, 0.25) is 0 Å². The highest BCUT2D eigenvalue weighted by Crippen LogP contribution is 2.35. The predicted molar refractivity (Wildman–Crippen MR) is 117 cm³/mol. The van der Waals surface area contributed by atoms with E-state index < -0.39 is 0 Å². The molecule has 0 unspecified atom stereocenters. The summed E-state index contributed by atoms with van der Waals surface area (Å²) in [6, 6.07) is 25.4. The molecule has 0 spiro atoms. The lowest BCUT2D eigenvalue weighted by Gasteiger charge is -2.11. The van der Waals surface area contributed by atoms with Gasteiger partial charge in [0.25, 0.3) is 0 Å². The lowest BCUT2D eigenvalue weighted by Crippen LogP contribution is -2.06. The van der Waals surface area contributed by atoms with Gasteiger partial charge in [-0.1, -0.05) is 42.5 Å². The van der Waals surface area contributed by atoms with Crippen molar-refractivity contribution in [2.24, 2.45) is 0 Å². The molecule has 2 aromatic carbocycles. The zero-order valence-corrected chi connectivity index (χ0v) is 16.1. The number of nitrogens with zero attached hydrogens (tertiary/aromatic N) is 4. The molecule has 3 aromatic heterocycles. The van der Waals surface area contributed by atoms with Crippen LogP contribution in [-0.4, -0.2) is 19.6 Å². The highest BCUT2D eigenvalue weighted by molar-refractivity contribution is 5.82. The fourth-order valence-corrected chi connectivity index (χ4v) is 3.29. The van der Waals surface area contributed by atoms with E-state index in [2.05, 4.69) is 20.4 Å². The van der Waals surface area contributed by atoms with Crippen LogP contribution in [0.3, 0.4) is 0 Å². The predicted octanol–water partition coefficient (Wildman–Crippen LogP) is 5.20. The number of anilines is 1. The van der Waals surface area contributed by atoms with Crippen LogP contribution in [0.25, 0.3) is 16.8 Å². The van der Waals surface area contributed by atoms with E-state index in [-0.39, 0.29) is 0 Å². The SMILES string of the molecule is c1ccc(Oc2ccccc2-c2cnn3c(NCc4ccccn4)ccnc23)cc1. The van der Waals surface area contributed by atoms with Crippen LogP contribution in [0, 0.1) is 0 Å². The Kier molecular flexibility index (Phi) is 4.79. The zero-order valence-electron chi connectivity index (χ0n) is 16.1. The molecular formula is C24H19N5O. The highest BCUT2D eigenvalue weighted by atomic mass is 16.5. The first kappa shape index (κ1) is 17.9. The molecule has 0 aliphatic rings. The second-order valence-corrected chi connectivity index (χ2v) is 6.71. The van der Waals surface area contributed by atoms with Gasteiger partial charge in [-0.2, -0.15) is 9.61 Å². The average Bonchev–Trinajstić information content (AvgIpc) is 3.24. The maximum Gasteiger partial charge on any atom is 0.165 e. The summed E-state index contributed by atoms with van der Waals surface area (Å²) in [7, 11) is 0. The summed E-state index contributed by atoms with van der Waals surface area (Å²) in [5.74, 6) is 2.39. The smallest absolute Gasteiger partial charge is 0.165 e. The molecule has 1 N–H and O–H groups in total. The molecule has 146 valence electrons. The molecule has 5 rings (SSSR count). The third-order valence-electron chi connectivity index (χ3n) is 4.73. The minimum Gasteiger partial charge on any atom is -0.457 e. The van der Waals surface area contributed by atoms with Gasteiger partial charge < -0.3 is 10.1 Å². The number of nitrogens with one attached hydrogen (secondary N) is 1. The van der Waals surface area contributed by atoms with E-state index in [1.807, 2.05) is 85.1 Å². The summed E-state index contributed by atoms with van der Waals surface area (Å²) in [5.41, 5.74) is 3.55. The maximum absolute atomic E-state index is 6.13. The Morgan fingerprint density at radius 1 is 0.767 bits per heavy atom. The quantitative estimate of drug-likeness (QED) is 0.430. The van der Waals surface area contributed by atoms with Crippen molar-refractivity contribution >= 4 is 11.5 Å². The number of hydrogen-bond donors (Lipinski definition) is 1. The number of para-hydroxylation sites is 2. The number of pyridine rings is 1. The van der Waals surface area contributed by atoms with Gasteiger partial charge in [0.1, 0.15) is 17.3 Å². The molecule has 0 aliphatic heterocycles. The number of rotatable bonds is 6. The number of ether oxygens (including phenoxy) is 1. The molecule has 30 heavy (non-hydrogen) atoms. The molecule has 0 amide bonds. The van der Waals surface area contributed by atoms with Crippen LogP contribution in [0.4, 0.5) is 5.82 Å². The number of aromatic nitrogens is 4. The standard InChI is InChI=1S/C24H19N5O/c1-2-9-19(10-3-1)30-22-12-5-4-11-20(22)21-17-28-29-23(13-15-26-24(21)29)27-16-18-8-6-7-14-25-18/h1-15,17,27H,16H2. The van der Waals surface area contributed by atoms with Crippen molar-refractivity contribution in [3.05, 3.63) is 103 Å². The molecule has 3 heterocycles. The molecular weight excluding hydrogens is 374 g/mol. The first-order valence-electron chi connectivity index (χ1n) is 9.67. The van der Waals surface area contributed by atoms with Gasteiger partial charge in [-0.25, -0.2) is 4.98 Å². The van der Waals surface area contributed by atoms with Gasteiger partial charge in [-0.15, -0.1) is 0 Å². The average molecular weight is 393 g/mol. The van der Waals surface area contributed by atoms with Gasteiger partial charge in [0.15, 0.2) is 5.65 Å². The zero-order chi connectivity index (χ0) is 20.2. The molecule has 0 saturated heterocycles. The third-order valence-corrected chi connectivity index (χ3v) is 4.73. The van der Waals surface area contributed by atoms with E-state index >= 15 is 0 Å².